The Balaban J connectivity index is 1.52. The standard InChI is InChI=1S/C20H22N4OS2/c1-3-24(9-10-26-2)13-14-12-22-17-11-15(6-7-16(14)17)25-20-23-19-18(27-20)5-4-8-21-19/h4-8,11-12,22H,3,9-10,13H2,1-2H3. The normalized spacial score (nSPS) is 11.7. The van der Waals surface area contributed by atoms with Crippen molar-refractivity contribution in [3.8, 4) is 10.9 Å². The Kier molecular flexibility index (Phi) is 5.61. The van der Waals surface area contributed by atoms with Gasteiger partial charge in [-0.05, 0) is 42.6 Å². The van der Waals surface area contributed by atoms with Crippen LogP contribution in [0.5, 0.6) is 10.9 Å². The van der Waals surface area contributed by atoms with E-state index in [1.807, 2.05) is 36.0 Å². The molecule has 0 saturated carbocycles. The quantitative estimate of drug-likeness (QED) is 0.445. The molecule has 140 valence electrons. The predicted octanol–water partition coefficient (Wildman–Crippen LogP) is 5.15. The maximum absolute atomic E-state index is 5.97. The second-order valence-corrected chi connectivity index (χ2v) is 8.27. The van der Waals surface area contributed by atoms with Gasteiger partial charge >= 0.3 is 0 Å². The number of rotatable bonds is 8. The van der Waals surface area contributed by atoms with E-state index >= 15 is 0 Å². The molecule has 0 atom stereocenters. The lowest BCUT2D eigenvalue weighted by Crippen LogP contribution is -2.25. The minimum atomic E-state index is 0.615. The van der Waals surface area contributed by atoms with E-state index in [-0.39, 0.29) is 0 Å². The Morgan fingerprint density at radius 3 is 3.04 bits per heavy atom. The maximum atomic E-state index is 5.97. The second kappa shape index (κ2) is 8.29. The fourth-order valence-corrected chi connectivity index (χ4v) is 4.30. The van der Waals surface area contributed by atoms with E-state index in [4.69, 9.17) is 4.74 Å². The van der Waals surface area contributed by atoms with Gasteiger partial charge in [0.15, 0.2) is 5.65 Å². The highest BCUT2D eigenvalue weighted by atomic mass is 32.2. The first kappa shape index (κ1) is 18.3. The number of thioether (sulfide) groups is 1. The number of pyridine rings is 1. The van der Waals surface area contributed by atoms with E-state index in [0.29, 0.717) is 5.19 Å². The maximum Gasteiger partial charge on any atom is 0.281 e. The van der Waals surface area contributed by atoms with Crippen molar-refractivity contribution in [3.05, 3.63) is 48.3 Å². The van der Waals surface area contributed by atoms with Crippen molar-refractivity contribution in [1.29, 1.82) is 0 Å². The number of thiazole rings is 1. The number of H-pyrrole nitrogens is 1. The minimum absolute atomic E-state index is 0.615. The molecule has 0 aliphatic rings. The van der Waals surface area contributed by atoms with Gasteiger partial charge in [0.1, 0.15) is 5.75 Å². The molecule has 1 N–H and O–H groups in total. The van der Waals surface area contributed by atoms with Gasteiger partial charge in [-0.3, -0.25) is 4.90 Å². The van der Waals surface area contributed by atoms with Gasteiger partial charge in [-0.1, -0.05) is 18.3 Å². The molecule has 4 rings (SSSR count). The molecule has 0 aliphatic carbocycles. The zero-order valence-electron chi connectivity index (χ0n) is 15.4. The lowest BCUT2D eigenvalue weighted by Gasteiger charge is -2.19. The van der Waals surface area contributed by atoms with Crippen LogP contribution in [-0.2, 0) is 6.54 Å². The van der Waals surface area contributed by atoms with E-state index < -0.39 is 0 Å². The molecule has 0 saturated heterocycles. The summed E-state index contributed by atoms with van der Waals surface area (Å²) in [6.45, 7) is 5.34. The number of nitrogens with one attached hydrogen (secondary N) is 1. The van der Waals surface area contributed by atoms with Crippen molar-refractivity contribution in [2.75, 3.05) is 25.1 Å². The van der Waals surface area contributed by atoms with Crippen LogP contribution in [0.15, 0.2) is 42.7 Å². The highest BCUT2D eigenvalue weighted by Gasteiger charge is 2.11. The van der Waals surface area contributed by atoms with E-state index in [2.05, 4.69) is 45.3 Å². The van der Waals surface area contributed by atoms with Crippen molar-refractivity contribution >= 4 is 44.3 Å². The molecule has 7 heteroatoms. The van der Waals surface area contributed by atoms with Crippen LogP contribution in [0.4, 0.5) is 0 Å². The molecule has 0 bridgehead atoms. The molecular weight excluding hydrogens is 376 g/mol. The average Bonchev–Trinajstić information content (AvgIpc) is 3.28. The lowest BCUT2D eigenvalue weighted by atomic mass is 10.1. The Hall–Kier alpha value is -2.09. The highest BCUT2D eigenvalue weighted by molar-refractivity contribution is 7.98. The monoisotopic (exact) mass is 398 g/mol. The molecule has 0 aliphatic heterocycles. The summed E-state index contributed by atoms with van der Waals surface area (Å²) in [5, 5.41) is 1.86. The zero-order valence-corrected chi connectivity index (χ0v) is 17.1. The van der Waals surface area contributed by atoms with Crippen LogP contribution in [0.3, 0.4) is 0 Å². The third-order valence-corrected chi connectivity index (χ3v) is 6.02. The number of hydrogen-bond donors (Lipinski definition) is 1. The summed E-state index contributed by atoms with van der Waals surface area (Å²) in [6.07, 6.45) is 6.01. The second-order valence-electron chi connectivity index (χ2n) is 6.29. The number of aromatic amines is 1. The Morgan fingerprint density at radius 2 is 2.22 bits per heavy atom. The Morgan fingerprint density at radius 1 is 1.30 bits per heavy atom. The van der Waals surface area contributed by atoms with E-state index in [1.54, 1.807) is 6.20 Å². The smallest absolute Gasteiger partial charge is 0.281 e. The Labute approximate surface area is 166 Å². The van der Waals surface area contributed by atoms with Gasteiger partial charge in [-0.2, -0.15) is 16.7 Å². The first-order valence-corrected chi connectivity index (χ1v) is 11.2. The van der Waals surface area contributed by atoms with Gasteiger partial charge in [0.05, 0.1) is 4.70 Å². The van der Waals surface area contributed by atoms with E-state index in [1.165, 1.54) is 22.3 Å². The van der Waals surface area contributed by atoms with Crippen LogP contribution in [-0.4, -0.2) is 44.9 Å². The van der Waals surface area contributed by atoms with Crippen molar-refractivity contribution in [2.45, 2.75) is 13.5 Å². The minimum Gasteiger partial charge on any atom is -0.431 e. The molecule has 0 fully saturated rings. The number of aromatic nitrogens is 3. The topological polar surface area (TPSA) is 54.0 Å². The van der Waals surface area contributed by atoms with E-state index in [9.17, 15) is 0 Å². The van der Waals surface area contributed by atoms with Crippen molar-refractivity contribution < 1.29 is 4.74 Å². The molecule has 0 radical (unpaired) electrons. The Bertz CT molecular complexity index is 1010. The molecular formula is C20H22N4OS2. The van der Waals surface area contributed by atoms with Gasteiger partial charge in [-0.15, -0.1) is 0 Å². The summed E-state index contributed by atoms with van der Waals surface area (Å²) in [7, 11) is 0. The number of benzene rings is 1. The number of fused-ring (bicyclic) bond motifs is 2. The fourth-order valence-electron chi connectivity index (χ4n) is 3.06. The largest absolute Gasteiger partial charge is 0.431 e. The third-order valence-electron chi connectivity index (χ3n) is 4.54. The van der Waals surface area contributed by atoms with Gasteiger partial charge in [-0.25, -0.2) is 4.98 Å². The molecule has 3 heterocycles. The molecule has 27 heavy (non-hydrogen) atoms. The lowest BCUT2D eigenvalue weighted by molar-refractivity contribution is 0.299. The molecule has 4 aromatic rings. The van der Waals surface area contributed by atoms with Crippen LogP contribution < -0.4 is 4.74 Å². The molecule has 1 aromatic carbocycles. The van der Waals surface area contributed by atoms with Crippen molar-refractivity contribution in [1.82, 2.24) is 19.9 Å². The molecule has 0 spiro atoms. The van der Waals surface area contributed by atoms with Gasteiger partial charge < -0.3 is 9.72 Å². The summed E-state index contributed by atoms with van der Waals surface area (Å²) in [4.78, 5) is 14.6. The van der Waals surface area contributed by atoms with Gasteiger partial charge in [0.25, 0.3) is 5.19 Å². The van der Waals surface area contributed by atoms with Crippen LogP contribution in [0.2, 0.25) is 0 Å². The van der Waals surface area contributed by atoms with Crippen LogP contribution in [0, 0.1) is 0 Å². The fraction of sp³-hybridized carbons (Fsp3) is 0.300. The SMILES string of the molecule is CCN(CCSC)Cc1c[nH]c2cc(Oc3nc4ncccc4s3)ccc12. The first-order valence-electron chi connectivity index (χ1n) is 8.97. The summed E-state index contributed by atoms with van der Waals surface area (Å²) in [5.41, 5.74) is 3.14. The summed E-state index contributed by atoms with van der Waals surface area (Å²) < 4.78 is 7.00. The first-order chi connectivity index (χ1) is 13.3. The predicted molar refractivity (Wildman–Crippen MR) is 115 cm³/mol. The molecule has 0 unspecified atom stereocenters. The van der Waals surface area contributed by atoms with E-state index in [0.717, 1.165) is 47.0 Å². The molecule has 5 nitrogen and oxygen atoms in total. The summed E-state index contributed by atoms with van der Waals surface area (Å²) >= 11 is 3.40. The third kappa shape index (κ3) is 4.10. The van der Waals surface area contributed by atoms with Crippen LogP contribution >= 0.6 is 23.1 Å². The van der Waals surface area contributed by atoms with Crippen molar-refractivity contribution in [2.24, 2.45) is 0 Å². The van der Waals surface area contributed by atoms with Crippen molar-refractivity contribution in [3.63, 3.8) is 0 Å². The molecule has 0 amide bonds. The zero-order chi connectivity index (χ0) is 18.6. The number of nitrogens with zero attached hydrogens (tertiary/aromatic N) is 3. The highest BCUT2D eigenvalue weighted by Crippen LogP contribution is 2.32. The summed E-state index contributed by atoms with van der Waals surface area (Å²) in [6, 6.07) is 10.1. The molecule has 3 aromatic heterocycles. The summed E-state index contributed by atoms with van der Waals surface area (Å²) in [5.74, 6) is 1.94. The number of ether oxygens (including phenoxy) is 1. The van der Waals surface area contributed by atoms with Crippen LogP contribution in [0.1, 0.15) is 12.5 Å². The average molecular weight is 399 g/mol. The number of hydrogen-bond acceptors (Lipinski definition) is 6. The van der Waals surface area contributed by atoms with Crippen LogP contribution in [0.25, 0.3) is 21.3 Å². The van der Waals surface area contributed by atoms with Gasteiger partial charge in [0.2, 0.25) is 0 Å². The van der Waals surface area contributed by atoms with Gasteiger partial charge in [0, 0.05) is 48.2 Å².